The summed E-state index contributed by atoms with van der Waals surface area (Å²) in [6, 6.07) is -1.01. The molecule has 1 unspecified atom stereocenters. The van der Waals surface area contributed by atoms with E-state index in [1.807, 2.05) is 0 Å². The highest BCUT2D eigenvalue weighted by molar-refractivity contribution is 8.00. The minimum Gasteiger partial charge on any atom is -0.477 e. The molecule has 1 saturated heterocycles. The summed E-state index contributed by atoms with van der Waals surface area (Å²) in [6.45, 7) is 11.6. The fraction of sp³-hybridized carbons (Fsp3) is 0.455. The number of oxime groups is 1. The number of nitrogens with one attached hydrogen (secondary N) is 1. The Morgan fingerprint density at radius 2 is 2.00 bits per heavy atom. The molecule has 1 aromatic rings. The van der Waals surface area contributed by atoms with Crippen molar-refractivity contribution in [3.8, 4) is 0 Å². The number of carbonyl (C=O) groups is 4. The van der Waals surface area contributed by atoms with Gasteiger partial charge in [0.25, 0.3) is 11.8 Å². The molecule has 36 heavy (non-hydrogen) atoms. The Balaban J connectivity index is 1.83. The number of carboxylic acid groups (broad SMARTS) is 1. The van der Waals surface area contributed by atoms with Gasteiger partial charge in [0.2, 0.25) is 5.60 Å². The van der Waals surface area contributed by atoms with E-state index in [2.05, 4.69) is 22.0 Å². The number of rotatable bonds is 8. The molecule has 1 fully saturated rings. The zero-order valence-electron chi connectivity index (χ0n) is 20.4. The monoisotopic (exact) mass is 537 g/mol. The highest BCUT2D eigenvalue weighted by Gasteiger charge is 2.54. The first-order chi connectivity index (χ1) is 16.7. The molecule has 2 atom stereocenters. The third-order valence-electron chi connectivity index (χ3n) is 4.97. The average molecular weight is 538 g/mol. The molecule has 0 bridgehead atoms. The van der Waals surface area contributed by atoms with E-state index in [1.165, 1.54) is 37.1 Å². The van der Waals surface area contributed by atoms with Gasteiger partial charge in [-0.1, -0.05) is 17.8 Å². The average Bonchev–Trinajstić information content (AvgIpc) is 3.20. The van der Waals surface area contributed by atoms with Crippen LogP contribution < -0.4 is 11.1 Å². The Hall–Kier alpha value is -3.39. The van der Waals surface area contributed by atoms with Crippen molar-refractivity contribution in [2.24, 2.45) is 5.16 Å². The van der Waals surface area contributed by atoms with Crippen LogP contribution in [0.1, 0.15) is 40.3 Å². The molecule has 0 spiro atoms. The number of β-lactam (4-membered cyclic amide) rings is 1. The standard InChI is InChI=1S/C22H27N5O7S2/c1-7-10-8-35-17-13(16(29)27(17)14(10)18(30)31)25-15(28)12(11-9-36-20(23)24-11)26-34-22(5,6)19(32)33-21(2,3)4/h7,9,13,17H,1,8H2,2-6H3,(H2,23,24)(H,25,28)(H,30,31)/b26-12+/t13?,17-/m1/s1. The molecule has 0 saturated carbocycles. The van der Waals surface area contributed by atoms with E-state index in [9.17, 15) is 24.3 Å². The summed E-state index contributed by atoms with van der Waals surface area (Å²) >= 11 is 2.35. The molecule has 0 aromatic carbocycles. The van der Waals surface area contributed by atoms with Crippen LogP contribution in [0.15, 0.2) is 34.5 Å². The Kier molecular flexibility index (Phi) is 7.50. The minimum absolute atomic E-state index is 0.0787. The summed E-state index contributed by atoms with van der Waals surface area (Å²) in [5.41, 5.74) is 3.41. The first kappa shape index (κ1) is 27.2. The van der Waals surface area contributed by atoms with Gasteiger partial charge in [-0.3, -0.25) is 14.5 Å². The van der Waals surface area contributed by atoms with Crippen LogP contribution >= 0.6 is 23.1 Å². The maximum Gasteiger partial charge on any atom is 0.353 e. The SMILES string of the molecule is C=CC1=C(C(=O)O)N2C(=O)C(NC(=O)/C(=N/OC(C)(C)C(=O)OC(C)(C)C)c3csc(N)n3)[C@H]2SC1. The number of nitrogens with zero attached hydrogens (tertiary/aromatic N) is 3. The zero-order valence-corrected chi connectivity index (χ0v) is 22.0. The molecule has 2 amide bonds. The summed E-state index contributed by atoms with van der Waals surface area (Å²) < 4.78 is 5.34. The number of aromatic nitrogens is 1. The topological polar surface area (TPSA) is 174 Å². The van der Waals surface area contributed by atoms with Gasteiger partial charge in [0.15, 0.2) is 10.8 Å². The van der Waals surface area contributed by atoms with Crippen LogP contribution in [-0.4, -0.2) is 72.8 Å². The minimum atomic E-state index is -1.55. The van der Waals surface area contributed by atoms with E-state index in [1.54, 1.807) is 20.8 Å². The molecule has 1 aromatic heterocycles. The van der Waals surface area contributed by atoms with Crippen molar-refractivity contribution in [3.05, 3.63) is 35.0 Å². The number of thioether (sulfide) groups is 1. The van der Waals surface area contributed by atoms with Gasteiger partial charge in [0, 0.05) is 11.1 Å². The Labute approximate surface area is 215 Å². The third kappa shape index (κ3) is 5.54. The van der Waals surface area contributed by atoms with Gasteiger partial charge < -0.3 is 25.7 Å². The van der Waals surface area contributed by atoms with Crippen LogP contribution in [0.3, 0.4) is 0 Å². The predicted molar refractivity (Wildman–Crippen MR) is 134 cm³/mol. The number of anilines is 1. The molecule has 2 aliphatic rings. The fourth-order valence-corrected chi connectivity index (χ4v) is 5.10. The maximum atomic E-state index is 13.2. The number of ether oxygens (including phenoxy) is 1. The number of amides is 2. The molecular weight excluding hydrogens is 510 g/mol. The molecule has 3 heterocycles. The smallest absolute Gasteiger partial charge is 0.353 e. The summed E-state index contributed by atoms with van der Waals surface area (Å²) in [7, 11) is 0. The second kappa shape index (κ2) is 9.93. The van der Waals surface area contributed by atoms with Gasteiger partial charge in [-0.15, -0.1) is 23.1 Å². The lowest BCUT2D eigenvalue weighted by atomic mass is 10.0. The van der Waals surface area contributed by atoms with Crippen molar-refractivity contribution in [3.63, 3.8) is 0 Å². The Morgan fingerprint density at radius 3 is 2.53 bits per heavy atom. The lowest BCUT2D eigenvalue weighted by Crippen LogP contribution is -2.71. The van der Waals surface area contributed by atoms with Crippen molar-refractivity contribution < 1.29 is 33.9 Å². The van der Waals surface area contributed by atoms with Crippen molar-refractivity contribution in [2.75, 3.05) is 11.5 Å². The largest absolute Gasteiger partial charge is 0.477 e. The zero-order chi connectivity index (χ0) is 27.0. The van der Waals surface area contributed by atoms with Crippen molar-refractivity contribution in [2.45, 2.75) is 57.2 Å². The lowest BCUT2D eigenvalue weighted by molar-refractivity contribution is -0.179. The van der Waals surface area contributed by atoms with Crippen LogP contribution in [0.25, 0.3) is 0 Å². The normalized spacial score (nSPS) is 20.3. The molecule has 4 N–H and O–H groups in total. The fourth-order valence-electron chi connectivity index (χ4n) is 3.21. The number of fused-ring (bicyclic) bond motifs is 1. The molecule has 14 heteroatoms. The van der Waals surface area contributed by atoms with Gasteiger partial charge in [-0.25, -0.2) is 14.6 Å². The van der Waals surface area contributed by atoms with Gasteiger partial charge in [0.1, 0.15) is 28.4 Å². The number of hydrogen-bond acceptors (Lipinski definition) is 11. The van der Waals surface area contributed by atoms with Gasteiger partial charge in [-0.05, 0) is 40.2 Å². The summed E-state index contributed by atoms with van der Waals surface area (Å²) in [5.74, 6) is -3.06. The van der Waals surface area contributed by atoms with Crippen LogP contribution in [0.4, 0.5) is 5.13 Å². The predicted octanol–water partition coefficient (Wildman–Crippen LogP) is 1.49. The van der Waals surface area contributed by atoms with Crippen LogP contribution in [0.5, 0.6) is 0 Å². The van der Waals surface area contributed by atoms with Gasteiger partial charge in [0.05, 0.1) is 0 Å². The summed E-state index contributed by atoms with van der Waals surface area (Å²) in [5, 5.41) is 17.0. The second-order valence-corrected chi connectivity index (χ2v) is 11.4. The Bertz CT molecular complexity index is 1180. The van der Waals surface area contributed by atoms with Gasteiger partial charge in [-0.2, -0.15) is 0 Å². The molecular formula is C22H27N5O7S2. The van der Waals surface area contributed by atoms with E-state index in [0.29, 0.717) is 11.3 Å². The van der Waals surface area contributed by atoms with Crippen molar-refractivity contribution in [1.82, 2.24) is 15.2 Å². The molecule has 2 aliphatic heterocycles. The van der Waals surface area contributed by atoms with Crippen LogP contribution in [0, 0.1) is 0 Å². The summed E-state index contributed by atoms with van der Waals surface area (Å²) in [6.07, 6.45) is 1.40. The maximum absolute atomic E-state index is 13.2. The molecule has 12 nitrogen and oxygen atoms in total. The molecule has 3 rings (SSSR count). The third-order valence-corrected chi connectivity index (χ3v) is 6.94. The number of nitrogen functional groups attached to an aromatic ring is 1. The highest BCUT2D eigenvalue weighted by atomic mass is 32.2. The van der Waals surface area contributed by atoms with Crippen molar-refractivity contribution >= 4 is 57.7 Å². The number of allylic oxidation sites excluding steroid dienone is 1. The van der Waals surface area contributed by atoms with E-state index in [4.69, 9.17) is 15.3 Å². The number of carbonyl (C=O) groups excluding carboxylic acids is 3. The molecule has 0 radical (unpaired) electrons. The van der Waals surface area contributed by atoms with Gasteiger partial charge >= 0.3 is 11.9 Å². The van der Waals surface area contributed by atoms with E-state index in [-0.39, 0.29) is 22.2 Å². The number of aliphatic carboxylic acids is 1. The number of carboxylic acids is 1. The number of esters is 1. The van der Waals surface area contributed by atoms with E-state index < -0.39 is 46.4 Å². The first-order valence-electron chi connectivity index (χ1n) is 10.7. The highest BCUT2D eigenvalue weighted by Crippen LogP contribution is 2.40. The van der Waals surface area contributed by atoms with Crippen LogP contribution in [-0.2, 0) is 28.8 Å². The number of hydrogen-bond donors (Lipinski definition) is 3. The van der Waals surface area contributed by atoms with Crippen LogP contribution in [0.2, 0.25) is 0 Å². The quantitative estimate of drug-likeness (QED) is 0.191. The van der Waals surface area contributed by atoms with Crippen molar-refractivity contribution in [1.29, 1.82) is 0 Å². The summed E-state index contributed by atoms with van der Waals surface area (Å²) in [4.78, 5) is 60.8. The Morgan fingerprint density at radius 1 is 1.33 bits per heavy atom. The number of nitrogens with two attached hydrogens (primary N) is 1. The molecule has 194 valence electrons. The van der Waals surface area contributed by atoms with E-state index in [0.717, 1.165) is 16.2 Å². The van der Waals surface area contributed by atoms with E-state index >= 15 is 0 Å². The molecule has 0 aliphatic carbocycles. The lowest BCUT2D eigenvalue weighted by Gasteiger charge is -2.49. The first-order valence-corrected chi connectivity index (χ1v) is 12.6. The number of thiazole rings is 1. The second-order valence-electron chi connectivity index (χ2n) is 9.36.